The van der Waals surface area contributed by atoms with Crippen LogP contribution < -0.4 is 10.2 Å². The van der Waals surface area contributed by atoms with Crippen molar-refractivity contribution in [2.45, 2.75) is 6.42 Å². The summed E-state index contributed by atoms with van der Waals surface area (Å²) in [7, 11) is 0. The second-order valence-corrected chi connectivity index (χ2v) is 3.71. The number of rotatable bonds is 2. The van der Waals surface area contributed by atoms with Gasteiger partial charge in [-0.1, -0.05) is 0 Å². The second-order valence-electron chi connectivity index (χ2n) is 3.71. The van der Waals surface area contributed by atoms with Gasteiger partial charge in [-0.15, -0.1) is 0 Å². The van der Waals surface area contributed by atoms with Crippen LogP contribution in [0.25, 0.3) is 0 Å². The number of carbonyl (C=O) groups is 2. The van der Waals surface area contributed by atoms with E-state index in [0.717, 1.165) is 6.07 Å². The number of urea groups is 1. The van der Waals surface area contributed by atoms with E-state index < -0.39 is 17.8 Å². The summed E-state index contributed by atoms with van der Waals surface area (Å²) in [6.45, 7) is 0.932. The molecule has 0 aromatic heterocycles. The SMILES string of the molecule is O=C(O)c1ccc(F)c(N2CCCNC2=O)c1. The Balaban J connectivity index is 2.39. The van der Waals surface area contributed by atoms with E-state index in [1.807, 2.05) is 0 Å². The minimum atomic E-state index is -1.15. The number of carboxylic acids is 1. The third kappa shape index (κ3) is 2.20. The van der Waals surface area contributed by atoms with Crippen LogP contribution in [-0.4, -0.2) is 30.2 Å². The molecule has 0 radical (unpaired) electrons. The first-order valence-electron chi connectivity index (χ1n) is 5.18. The van der Waals surface area contributed by atoms with Gasteiger partial charge in [-0.05, 0) is 24.6 Å². The zero-order valence-corrected chi connectivity index (χ0v) is 8.94. The quantitative estimate of drug-likeness (QED) is 0.819. The molecule has 1 saturated heterocycles. The first-order chi connectivity index (χ1) is 8.09. The van der Waals surface area contributed by atoms with Crippen molar-refractivity contribution in [1.29, 1.82) is 0 Å². The van der Waals surface area contributed by atoms with Crippen molar-refractivity contribution in [2.75, 3.05) is 18.0 Å². The summed E-state index contributed by atoms with van der Waals surface area (Å²) >= 11 is 0. The van der Waals surface area contributed by atoms with Crippen molar-refractivity contribution in [2.24, 2.45) is 0 Å². The Labute approximate surface area is 96.8 Å². The summed E-state index contributed by atoms with van der Waals surface area (Å²) in [4.78, 5) is 23.5. The van der Waals surface area contributed by atoms with Crippen LogP contribution in [0.5, 0.6) is 0 Å². The summed E-state index contributed by atoms with van der Waals surface area (Å²) in [5, 5.41) is 11.4. The van der Waals surface area contributed by atoms with Gasteiger partial charge in [0.1, 0.15) is 5.82 Å². The highest BCUT2D eigenvalue weighted by molar-refractivity contribution is 5.95. The predicted molar refractivity (Wildman–Crippen MR) is 58.7 cm³/mol. The van der Waals surface area contributed by atoms with Crippen molar-refractivity contribution in [1.82, 2.24) is 5.32 Å². The molecule has 1 aromatic carbocycles. The molecule has 0 unspecified atom stereocenters. The fraction of sp³-hybridized carbons (Fsp3) is 0.273. The van der Waals surface area contributed by atoms with Crippen LogP contribution >= 0.6 is 0 Å². The van der Waals surface area contributed by atoms with Crippen molar-refractivity contribution < 1.29 is 19.1 Å². The van der Waals surface area contributed by atoms with Crippen LogP contribution in [-0.2, 0) is 0 Å². The lowest BCUT2D eigenvalue weighted by Gasteiger charge is -2.27. The molecule has 17 heavy (non-hydrogen) atoms. The maximum atomic E-state index is 13.6. The number of anilines is 1. The van der Waals surface area contributed by atoms with Crippen molar-refractivity contribution in [3.63, 3.8) is 0 Å². The Morgan fingerprint density at radius 3 is 2.88 bits per heavy atom. The van der Waals surface area contributed by atoms with Gasteiger partial charge in [0, 0.05) is 13.1 Å². The fourth-order valence-electron chi connectivity index (χ4n) is 1.71. The van der Waals surface area contributed by atoms with E-state index in [9.17, 15) is 14.0 Å². The molecular weight excluding hydrogens is 227 g/mol. The maximum absolute atomic E-state index is 13.6. The molecule has 1 aromatic rings. The largest absolute Gasteiger partial charge is 0.478 e. The number of nitrogens with zero attached hydrogens (tertiary/aromatic N) is 1. The Morgan fingerprint density at radius 2 is 2.24 bits per heavy atom. The normalized spacial score (nSPS) is 15.6. The number of carbonyl (C=O) groups excluding carboxylic acids is 1. The summed E-state index contributed by atoms with van der Waals surface area (Å²) in [5.74, 6) is -1.75. The first kappa shape index (κ1) is 11.4. The van der Waals surface area contributed by atoms with Crippen LogP contribution in [0.4, 0.5) is 14.9 Å². The predicted octanol–water partition coefficient (Wildman–Crippen LogP) is 1.44. The van der Waals surface area contributed by atoms with Gasteiger partial charge >= 0.3 is 12.0 Å². The van der Waals surface area contributed by atoms with Gasteiger partial charge in [0.05, 0.1) is 11.3 Å². The molecule has 0 saturated carbocycles. The average Bonchev–Trinajstić information content (AvgIpc) is 2.30. The Hall–Kier alpha value is -2.11. The lowest BCUT2D eigenvalue weighted by molar-refractivity contribution is 0.0697. The monoisotopic (exact) mass is 238 g/mol. The Kier molecular flexibility index (Phi) is 2.95. The molecule has 6 heteroatoms. The number of carboxylic acid groups (broad SMARTS) is 1. The fourth-order valence-corrected chi connectivity index (χ4v) is 1.71. The van der Waals surface area contributed by atoms with Gasteiger partial charge in [0.15, 0.2) is 0 Å². The highest BCUT2D eigenvalue weighted by Crippen LogP contribution is 2.22. The third-order valence-corrected chi connectivity index (χ3v) is 2.56. The molecule has 2 N–H and O–H groups in total. The van der Waals surface area contributed by atoms with E-state index in [2.05, 4.69) is 5.32 Å². The minimum Gasteiger partial charge on any atom is -0.478 e. The van der Waals surface area contributed by atoms with Gasteiger partial charge < -0.3 is 10.4 Å². The van der Waals surface area contributed by atoms with Crippen molar-refractivity contribution >= 4 is 17.7 Å². The summed E-state index contributed by atoms with van der Waals surface area (Å²) in [6, 6.07) is 2.99. The molecule has 1 fully saturated rings. The van der Waals surface area contributed by atoms with Crippen molar-refractivity contribution in [3.05, 3.63) is 29.6 Å². The van der Waals surface area contributed by atoms with E-state index in [4.69, 9.17) is 5.11 Å². The standard InChI is InChI=1S/C11H11FN2O3/c12-8-3-2-7(10(15)16)6-9(8)14-5-1-4-13-11(14)17/h2-3,6H,1,4-5H2,(H,13,17)(H,15,16). The van der Waals surface area contributed by atoms with E-state index in [1.54, 1.807) is 0 Å². The Bertz CT molecular complexity index is 476. The number of hydrogen-bond donors (Lipinski definition) is 2. The Morgan fingerprint density at radius 1 is 1.47 bits per heavy atom. The highest BCUT2D eigenvalue weighted by atomic mass is 19.1. The van der Waals surface area contributed by atoms with E-state index in [1.165, 1.54) is 17.0 Å². The number of amides is 2. The molecule has 1 aliphatic rings. The zero-order valence-electron chi connectivity index (χ0n) is 8.94. The maximum Gasteiger partial charge on any atom is 0.335 e. The number of nitrogens with one attached hydrogen (secondary N) is 1. The van der Waals surface area contributed by atoms with E-state index in [0.29, 0.717) is 19.5 Å². The van der Waals surface area contributed by atoms with E-state index in [-0.39, 0.29) is 11.3 Å². The second kappa shape index (κ2) is 4.40. The number of halogens is 1. The number of benzene rings is 1. The van der Waals surface area contributed by atoms with Crippen LogP contribution in [0.2, 0.25) is 0 Å². The van der Waals surface area contributed by atoms with Crippen LogP contribution in [0, 0.1) is 5.82 Å². The molecule has 0 bridgehead atoms. The zero-order chi connectivity index (χ0) is 12.4. The summed E-state index contributed by atoms with van der Waals surface area (Å²) in [6.07, 6.45) is 0.697. The van der Waals surface area contributed by atoms with Gasteiger partial charge in [-0.2, -0.15) is 0 Å². The molecular formula is C11H11FN2O3. The third-order valence-electron chi connectivity index (χ3n) is 2.56. The lowest BCUT2D eigenvalue weighted by atomic mass is 10.1. The average molecular weight is 238 g/mol. The molecule has 0 atom stereocenters. The van der Waals surface area contributed by atoms with Crippen LogP contribution in [0.15, 0.2) is 18.2 Å². The number of aromatic carboxylic acids is 1. The topological polar surface area (TPSA) is 69.6 Å². The van der Waals surface area contributed by atoms with E-state index >= 15 is 0 Å². The molecule has 1 aliphatic heterocycles. The minimum absolute atomic E-state index is 0.00194. The molecule has 2 rings (SSSR count). The van der Waals surface area contributed by atoms with Gasteiger partial charge in [0.25, 0.3) is 0 Å². The molecule has 0 aliphatic carbocycles. The first-order valence-corrected chi connectivity index (χ1v) is 5.18. The van der Waals surface area contributed by atoms with Gasteiger partial charge in [-0.25, -0.2) is 14.0 Å². The van der Waals surface area contributed by atoms with Gasteiger partial charge in [0.2, 0.25) is 0 Å². The number of hydrogen-bond acceptors (Lipinski definition) is 2. The lowest BCUT2D eigenvalue weighted by Crippen LogP contribution is -2.46. The summed E-state index contributed by atoms with van der Waals surface area (Å²) in [5.41, 5.74) is -0.0399. The molecule has 0 spiro atoms. The summed E-state index contributed by atoms with van der Waals surface area (Å²) < 4.78 is 13.6. The van der Waals surface area contributed by atoms with Crippen LogP contribution in [0.1, 0.15) is 16.8 Å². The van der Waals surface area contributed by atoms with Crippen LogP contribution in [0.3, 0.4) is 0 Å². The van der Waals surface area contributed by atoms with Crippen molar-refractivity contribution in [3.8, 4) is 0 Å². The smallest absolute Gasteiger partial charge is 0.335 e. The highest BCUT2D eigenvalue weighted by Gasteiger charge is 2.22. The van der Waals surface area contributed by atoms with Gasteiger partial charge in [-0.3, -0.25) is 4.90 Å². The molecule has 5 nitrogen and oxygen atoms in total. The molecule has 1 heterocycles. The molecule has 2 amide bonds. The molecule has 90 valence electrons.